The molecule has 3 aromatic rings. The van der Waals surface area contributed by atoms with E-state index in [4.69, 9.17) is 21.1 Å². The Morgan fingerprint density at radius 1 is 1.12 bits per heavy atom. The lowest BCUT2D eigenvalue weighted by molar-refractivity contribution is 0.0256. The van der Waals surface area contributed by atoms with Gasteiger partial charge in [0.15, 0.2) is 0 Å². The summed E-state index contributed by atoms with van der Waals surface area (Å²) in [5.41, 5.74) is 1.43. The number of nitrogens with one attached hydrogen (secondary N) is 1. The smallest absolute Gasteiger partial charge is 0.141 e. The summed E-state index contributed by atoms with van der Waals surface area (Å²) in [5, 5.41) is 4.04. The molecule has 1 saturated heterocycles. The normalized spacial score (nSPS) is 15.2. The molecule has 7 heteroatoms. The predicted molar refractivity (Wildman–Crippen MR) is 98.7 cm³/mol. The lowest BCUT2D eigenvalue weighted by Crippen LogP contribution is -2.25. The first kappa shape index (κ1) is 17.0. The summed E-state index contributed by atoms with van der Waals surface area (Å²) in [5.74, 6) is 0.909. The van der Waals surface area contributed by atoms with Gasteiger partial charge in [0.2, 0.25) is 0 Å². The highest BCUT2D eigenvalue weighted by atomic mass is 35.5. The molecule has 0 saturated carbocycles. The van der Waals surface area contributed by atoms with E-state index >= 15 is 0 Å². The molecular weight excluding hydrogens is 357 g/mol. The lowest BCUT2D eigenvalue weighted by Gasteiger charge is -2.23. The predicted octanol–water partition coefficient (Wildman–Crippen LogP) is 4.72. The van der Waals surface area contributed by atoms with Gasteiger partial charge in [-0.15, -0.1) is 0 Å². The number of hydrogen-bond donors (Lipinski definition) is 1. The fourth-order valence-electron chi connectivity index (χ4n) is 2.91. The summed E-state index contributed by atoms with van der Waals surface area (Å²) in [6.45, 7) is 1.44. The minimum Gasteiger partial charge on any atom is -0.490 e. The van der Waals surface area contributed by atoms with Crippen LogP contribution in [0.5, 0.6) is 5.75 Å². The highest BCUT2D eigenvalue weighted by Crippen LogP contribution is 2.29. The lowest BCUT2D eigenvalue weighted by atomic mass is 10.1. The molecule has 1 aliphatic rings. The van der Waals surface area contributed by atoms with E-state index in [1.807, 2.05) is 18.2 Å². The number of anilines is 2. The summed E-state index contributed by atoms with van der Waals surface area (Å²) < 4.78 is 24.8. The first-order valence-electron chi connectivity index (χ1n) is 8.40. The van der Waals surface area contributed by atoms with Gasteiger partial charge >= 0.3 is 0 Å². The Morgan fingerprint density at radius 2 is 1.96 bits per heavy atom. The van der Waals surface area contributed by atoms with Gasteiger partial charge in [-0.1, -0.05) is 11.6 Å². The maximum absolute atomic E-state index is 13.4. The second-order valence-corrected chi connectivity index (χ2v) is 6.49. The standard InChI is InChI=1S/C19H17ClFN3O2/c20-16-9-12(1-3-17(16)21)24-19-15-10-14(2-4-18(15)22-11-23-19)26-13-5-7-25-8-6-13/h1-4,9-11,13H,5-8H2,(H,22,23,24). The van der Waals surface area contributed by atoms with E-state index in [0.717, 1.165) is 42.7 Å². The monoisotopic (exact) mass is 373 g/mol. The van der Waals surface area contributed by atoms with E-state index in [2.05, 4.69) is 15.3 Å². The molecule has 0 bridgehead atoms. The highest BCUT2D eigenvalue weighted by Gasteiger charge is 2.16. The first-order chi connectivity index (χ1) is 12.7. The van der Waals surface area contributed by atoms with Crippen LogP contribution in [0.15, 0.2) is 42.7 Å². The van der Waals surface area contributed by atoms with Crippen molar-refractivity contribution in [3.05, 3.63) is 53.6 Å². The minimum absolute atomic E-state index is 0.0527. The van der Waals surface area contributed by atoms with Crippen molar-refractivity contribution in [2.45, 2.75) is 18.9 Å². The first-order valence-corrected chi connectivity index (χ1v) is 8.78. The maximum atomic E-state index is 13.4. The second-order valence-electron chi connectivity index (χ2n) is 6.08. The van der Waals surface area contributed by atoms with Crippen LogP contribution in [0.1, 0.15) is 12.8 Å². The van der Waals surface area contributed by atoms with Gasteiger partial charge in [0.05, 0.1) is 23.8 Å². The Bertz CT molecular complexity index is 932. The largest absolute Gasteiger partial charge is 0.490 e. The molecule has 0 atom stereocenters. The quantitative estimate of drug-likeness (QED) is 0.716. The molecule has 0 amide bonds. The average molecular weight is 374 g/mol. The van der Waals surface area contributed by atoms with E-state index in [-0.39, 0.29) is 11.1 Å². The summed E-state index contributed by atoms with van der Waals surface area (Å²) >= 11 is 5.85. The van der Waals surface area contributed by atoms with Crippen molar-refractivity contribution in [2.75, 3.05) is 18.5 Å². The van der Waals surface area contributed by atoms with E-state index < -0.39 is 5.82 Å². The van der Waals surface area contributed by atoms with Gasteiger partial charge < -0.3 is 14.8 Å². The van der Waals surface area contributed by atoms with Crippen molar-refractivity contribution in [1.29, 1.82) is 0 Å². The molecule has 134 valence electrons. The number of benzene rings is 2. The molecule has 5 nitrogen and oxygen atoms in total. The topological polar surface area (TPSA) is 56.3 Å². The molecule has 2 aromatic carbocycles. The van der Waals surface area contributed by atoms with Crippen LogP contribution >= 0.6 is 11.6 Å². The van der Waals surface area contributed by atoms with E-state index in [1.165, 1.54) is 18.5 Å². The number of nitrogens with zero attached hydrogens (tertiary/aromatic N) is 2. The number of hydrogen-bond acceptors (Lipinski definition) is 5. The Morgan fingerprint density at radius 3 is 2.77 bits per heavy atom. The third-order valence-electron chi connectivity index (χ3n) is 4.26. The molecule has 0 aliphatic carbocycles. The molecule has 2 heterocycles. The number of ether oxygens (including phenoxy) is 2. The van der Waals surface area contributed by atoms with Crippen LogP contribution < -0.4 is 10.1 Å². The molecule has 1 fully saturated rings. The van der Waals surface area contributed by atoms with Crippen molar-refractivity contribution in [1.82, 2.24) is 9.97 Å². The van der Waals surface area contributed by atoms with Crippen LogP contribution in [0.2, 0.25) is 5.02 Å². The second kappa shape index (κ2) is 7.43. The van der Waals surface area contributed by atoms with Crippen LogP contribution in [-0.4, -0.2) is 29.3 Å². The fourth-order valence-corrected chi connectivity index (χ4v) is 3.09. The van der Waals surface area contributed by atoms with Crippen molar-refractivity contribution >= 4 is 34.0 Å². The SMILES string of the molecule is Fc1ccc(Nc2ncnc3ccc(OC4CCOCC4)cc23)cc1Cl. The third-order valence-corrected chi connectivity index (χ3v) is 4.55. The summed E-state index contributed by atoms with van der Waals surface area (Å²) in [4.78, 5) is 8.60. The maximum Gasteiger partial charge on any atom is 0.141 e. The van der Waals surface area contributed by atoms with E-state index in [9.17, 15) is 4.39 Å². The molecule has 1 aromatic heterocycles. The highest BCUT2D eigenvalue weighted by molar-refractivity contribution is 6.31. The summed E-state index contributed by atoms with van der Waals surface area (Å²) in [7, 11) is 0. The summed E-state index contributed by atoms with van der Waals surface area (Å²) in [6, 6.07) is 10.2. The van der Waals surface area contributed by atoms with Gasteiger partial charge in [-0.2, -0.15) is 0 Å². The van der Waals surface area contributed by atoms with Crippen LogP contribution in [-0.2, 0) is 4.74 Å². The van der Waals surface area contributed by atoms with Crippen molar-refractivity contribution in [3.8, 4) is 5.75 Å². The van der Waals surface area contributed by atoms with E-state index in [0.29, 0.717) is 11.5 Å². The Labute approximate surface area is 155 Å². The van der Waals surface area contributed by atoms with E-state index in [1.54, 1.807) is 6.07 Å². The van der Waals surface area contributed by atoms with Gasteiger partial charge in [0.1, 0.15) is 29.8 Å². The van der Waals surface area contributed by atoms with Crippen LogP contribution in [0.4, 0.5) is 15.9 Å². The van der Waals surface area contributed by atoms with Crippen molar-refractivity contribution in [3.63, 3.8) is 0 Å². The molecular formula is C19H17ClFN3O2. The van der Waals surface area contributed by atoms with Gasteiger partial charge in [0, 0.05) is 23.9 Å². The molecule has 0 unspecified atom stereocenters. The van der Waals surface area contributed by atoms with Crippen LogP contribution in [0.25, 0.3) is 10.9 Å². The number of rotatable bonds is 4. The summed E-state index contributed by atoms with van der Waals surface area (Å²) in [6.07, 6.45) is 3.39. The van der Waals surface area contributed by atoms with Crippen LogP contribution in [0.3, 0.4) is 0 Å². The number of halogens is 2. The third kappa shape index (κ3) is 3.71. The number of aromatic nitrogens is 2. The Hall–Kier alpha value is -2.44. The zero-order valence-corrected chi connectivity index (χ0v) is 14.7. The van der Waals surface area contributed by atoms with Gasteiger partial charge in [-0.25, -0.2) is 14.4 Å². The van der Waals surface area contributed by atoms with Crippen molar-refractivity contribution in [2.24, 2.45) is 0 Å². The molecule has 1 N–H and O–H groups in total. The number of fused-ring (bicyclic) bond motifs is 1. The molecule has 26 heavy (non-hydrogen) atoms. The molecule has 0 radical (unpaired) electrons. The Kier molecular flexibility index (Phi) is 4.86. The van der Waals surface area contributed by atoms with Gasteiger partial charge in [-0.05, 0) is 36.4 Å². The molecule has 0 spiro atoms. The zero-order valence-electron chi connectivity index (χ0n) is 13.9. The zero-order chi connectivity index (χ0) is 17.9. The van der Waals surface area contributed by atoms with Crippen LogP contribution in [0, 0.1) is 5.82 Å². The Balaban J connectivity index is 1.63. The molecule has 1 aliphatic heterocycles. The molecule has 4 rings (SSSR count). The van der Waals surface area contributed by atoms with Gasteiger partial charge in [0.25, 0.3) is 0 Å². The van der Waals surface area contributed by atoms with Crippen molar-refractivity contribution < 1.29 is 13.9 Å². The van der Waals surface area contributed by atoms with Gasteiger partial charge in [-0.3, -0.25) is 0 Å². The fraction of sp³-hybridized carbons (Fsp3) is 0.263. The average Bonchev–Trinajstić information content (AvgIpc) is 2.66. The minimum atomic E-state index is -0.461.